The fraction of sp³-hybridized carbons (Fsp3) is 0.531. The number of piperidine rings is 1. The summed E-state index contributed by atoms with van der Waals surface area (Å²) in [5, 5.41) is 2.68. The zero-order valence-corrected chi connectivity index (χ0v) is 25.1. The number of hydrogen-bond donors (Lipinski definition) is 1. The normalized spacial score (nSPS) is 18.5. The summed E-state index contributed by atoms with van der Waals surface area (Å²) < 4.78 is 30.7. The highest BCUT2D eigenvalue weighted by Gasteiger charge is 2.34. The second-order valence-corrected chi connectivity index (χ2v) is 12.1. The molecule has 2 aromatic rings. The molecular formula is C32H42FN3O6. The Hall–Kier alpha value is -3.82. The zero-order valence-electron chi connectivity index (χ0n) is 25.1. The minimum atomic E-state index is -1.06. The lowest BCUT2D eigenvalue weighted by molar-refractivity contribution is -0.132. The molecule has 42 heavy (non-hydrogen) atoms. The Bertz CT molecular complexity index is 1220. The lowest BCUT2D eigenvalue weighted by atomic mass is 10.00. The maximum atomic E-state index is 13.8. The number of likely N-dealkylation sites (tertiary alicyclic amines) is 2. The summed E-state index contributed by atoms with van der Waals surface area (Å²) in [5.41, 5.74) is 1.74. The molecule has 2 heterocycles. The van der Waals surface area contributed by atoms with Gasteiger partial charge in [-0.05, 0) is 69.9 Å². The van der Waals surface area contributed by atoms with Gasteiger partial charge in [-0.2, -0.15) is 0 Å². The molecule has 1 N–H and O–H groups in total. The summed E-state index contributed by atoms with van der Waals surface area (Å²) in [6, 6.07) is 14.1. The smallest absolute Gasteiger partial charge is 0.410 e. The summed E-state index contributed by atoms with van der Waals surface area (Å²) in [5.74, 6) is 0.389. The van der Waals surface area contributed by atoms with Gasteiger partial charge in [-0.25, -0.2) is 14.0 Å². The maximum Gasteiger partial charge on any atom is 0.410 e. The highest BCUT2D eigenvalue weighted by molar-refractivity contribution is 5.87. The largest absolute Gasteiger partial charge is 0.490 e. The monoisotopic (exact) mass is 583 g/mol. The van der Waals surface area contributed by atoms with Gasteiger partial charge in [0.25, 0.3) is 0 Å². The van der Waals surface area contributed by atoms with Crippen LogP contribution in [0.3, 0.4) is 0 Å². The van der Waals surface area contributed by atoms with Crippen molar-refractivity contribution in [3.63, 3.8) is 0 Å². The molecular weight excluding hydrogens is 541 g/mol. The first-order valence-electron chi connectivity index (χ1n) is 14.6. The molecule has 0 unspecified atom stereocenters. The minimum Gasteiger partial charge on any atom is -0.490 e. The van der Waals surface area contributed by atoms with Gasteiger partial charge in [-0.1, -0.05) is 36.4 Å². The number of nitrogens with one attached hydrogen (secondary N) is 1. The molecule has 228 valence electrons. The van der Waals surface area contributed by atoms with Gasteiger partial charge >= 0.3 is 12.2 Å². The Kier molecular flexibility index (Phi) is 9.96. The highest BCUT2D eigenvalue weighted by atomic mass is 19.1. The summed E-state index contributed by atoms with van der Waals surface area (Å²) in [4.78, 5) is 41.1. The van der Waals surface area contributed by atoms with E-state index in [1.165, 1.54) is 4.90 Å². The van der Waals surface area contributed by atoms with Crippen molar-refractivity contribution < 1.29 is 33.0 Å². The summed E-state index contributed by atoms with van der Waals surface area (Å²) in [6.07, 6.45) is -0.416. The van der Waals surface area contributed by atoms with Crippen molar-refractivity contribution in [2.75, 3.05) is 26.2 Å². The molecule has 2 aromatic carbocycles. The molecule has 10 heteroatoms. The Morgan fingerprint density at radius 2 is 1.45 bits per heavy atom. The number of ether oxygens (including phenoxy) is 3. The minimum absolute atomic E-state index is 0.0155. The van der Waals surface area contributed by atoms with E-state index in [1.54, 1.807) is 37.8 Å². The second-order valence-electron chi connectivity index (χ2n) is 12.1. The predicted molar refractivity (Wildman–Crippen MR) is 157 cm³/mol. The van der Waals surface area contributed by atoms with Crippen molar-refractivity contribution in [1.29, 1.82) is 0 Å². The molecule has 2 saturated heterocycles. The molecule has 0 bridgehead atoms. The van der Waals surface area contributed by atoms with Gasteiger partial charge in [0.05, 0.1) is 12.6 Å². The van der Waals surface area contributed by atoms with Crippen LogP contribution in [-0.4, -0.2) is 78.1 Å². The molecule has 0 saturated carbocycles. The van der Waals surface area contributed by atoms with E-state index in [-0.39, 0.29) is 37.2 Å². The molecule has 0 spiro atoms. The number of amides is 3. The lowest BCUT2D eigenvalue weighted by Crippen LogP contribution is -2.43. The highest BCUT2D eigenvalue weighted by Crippen LogP contribution is 2.28. The first kappa shape index (κ1) is 31.1. The number of rotatable bonds is 7. The molecule has 0 aromatic heterocycles. The fourth-order valence-electron chi connectivity index (χ4n) is 5.03. The van der Waals surface area contributed by atoms with Gasteiger partial charge < -0.3 is 29.3 Å². The van der Waals surface area contributed by atoms with Crippen LogP contribution in [0.2, 0.25) is 0 Å². The van der Waals surface area contributed by atoms with E-state index in [0.717, 1.165) is 29.7 Å². The standard InChI is InChI=1S/C32H42FN3O6/c1-21(2)40-31(39)35-18-15-27(16-19-35)41-26-12-10-23(11-13-26)22-6-8-24(9-7-22)28(34-30(38)42-32(3,4)5)29(37)36-17-14-25(33)20-36/h6-13,21,25,27-28H,14-20H2,1-5H3,(H,34,38)/t25-,28-/m0/s1. The van der Waals surface area contributed by atoms with Crippen molar-refractivity contribution >= 4 is 18.1 Å². The van der Waals surface area contributed by atoms with Crippen LogP contribution in [0.4, 0.5) is 14.0 Å². The first-order chi connectivity index (χ1) is 19.9. The molecule has 3 amide bonds. The lowest BCUT2D eigenvalue weighted by Gasteiger charge is -2.32. The second kappa shape index (κ2) is 13.4. The SMILES string of the molecule is CC(C)OC(=O)N1CCC(Oc2ccc(-c3ccc([C@H](NC(=O)OC(C)(C)C)C(=O)N4CC[C@H](F)C4)cc3)cc2)CC1. The predicted octanol–water partition coefficient (Wildman–Crippen LogP) is 5.88. The molecule has 2 aliphatic heterocycles. The molecule has 9 nitrogen and oxygen atoms in total. The van der Waals surface area contributed by atoms with Gasteiger partial charge in [-0.15, -0.1) is 0 Å². The Morgan fingerprint density at radius 1 is 0.881 bits per heavy atom. The molecule has 2 aliphatic rings. The van der Waals surface area contributed by atoms with Crippen molar-refractivity contribution in [1.82, 2.24) is 15.1 Å². The third-order valence-electron chi connectivity index (χ3n) is 7.12. The number of hydrogen-bond acceptors (Lipinski definition) is 6. The van der Waals surface area contributed by atoms with Crippen LogP contribution < -0.4 is 10.1 Å². The van der Waals surface area contributed by atoms with Crippen molar-refractivity contribution in [3.05, 3.63) is 54.1 Å². The fourth-order valence-corrected chi connectivity index (χ4v) is 5.03. The van der Waals surface area contributed by atoms with E-state index < -0.39 is 23.9 Å². The Labute approximate surface area is 247 Å². The number of carbonyl (C=O) groups is 3. The average Bonchev–Trinajstić information content (AvgIpc) is 3.37. The average molecular weight is 584 g/mol. The van der Waals surface area contributed by atoms with E-state index in [4.69, 9.17) is 14.2 Å². The van der Waals surface area contributed by atoms with Crippen LogP contribution in [0.15, 0.2) is 48.5 Å². The zero-order chi connectivity index (χ0) is 30.4. The van der Waals surface area contributed by atoms with Crippen molar-refractivity contribution in [2.24, 2.45) is 0 Å². The third kappa shape index (κ3) is 8.59. The number of halogens is 1. The molecule has 2 fully saturated rings. The van der Waals surface area contributed by atoms with Crippen LogP contribution in [0, 0.1) is 0 Å². The van der Waals surface area contributed by atoms with E-state index >= 15 is 0 Å². The number of nitrogens with zero attached hydrogens (tertiary/aromatic N) is 2. The van der Waals surface area contributed by atoms with Crippen LogP contribution in [0.25, 0.3) is 11.1 Å². The van der Waals surface area contributed by atoms with Crippen molar-refractivity contribution in [2.45, 2.75) is 83.9 Å². The number of carbonyl (C=O) groups excluding carboxylic acids is 3. The van der Waals surface area contributed by atoms with Gasteiger partial charge in [0.2, 0.25) is 5.91 Å². The van der Waals surface area contributed by atoms with Gasteiger partial charge in [0.15, 0.2) is 0 Å². The molecule has 0 radical (unpaired) electrons. The van der Waals surface area contributed by atoms with Crippen LogP contribution in [0.1, 0.15) is 65.5 Å². The maximum absolute atomic E-state index is 13.8. The van der Waals surface area contributed by atoms with Gasteiger partial charge in [-0.3, -0.25) is 4.79 Å². The van der Waals surface area contributed by atoms with E-state index in [1.807, 2.05) is 50.2 Å². The van der Waals surface area contributed by atoms with Gasteiger partial charge in [0, 0.05) is 32.5 Å². The molecule has 2 atom stereocenters. The Morgan fingerprint density at radius 3 is 1.98 bits per heavy atom. The van der Waals surface area contributed by atoms with Crippen LogP contribution in [0.5, 0.6) is 5.75 Å². The number of alkyl halides is 1. The Balaban J connectivity index is 1.39. The molecule has 0 aliphatic carbocycles. The topological polar surface area (TPSA) is 97.4 Å². The van der Waals surface area contributed by atoms with E-state index in [0.29, 0.717) is 25.2 Å². The van der Waals surface area contributed by atoms with E-state index in [2.05, 4.69) is 5.32 Å². The molecule has 4 rings (SSSR count). The quantitative estimate of drug-likeness (QED) is 0.437. The summed E-state index contributed by atoms with van der Waals surface area (Å²) in [6.45, 7) is 10.4. The van der Waals surface area contributed by atoms with Crippen molar-refractivity contribution in [3.8, 4) is 16.9 Å². The van der Waals surface area contributed by atoms with E-state index in [9.17, 15) is 18.8 Å². The van der Waals surface area contributed by atoms with Crippen LogP contribution in [-0.2, 0) is 14.3 Å². The summed E-state index contributed by atoms with van der Waals surface area (Å²) in [7, 11) is 0. The van der Waals surface area contributed by atoms with Gasteiger partial charge in [0.1, 0.15) is 29.7 Å². The third-order valence-corrected chi connectivity index (χ3v) is 7.12. The number of alkyl carbamates (subject to hydrolysis) is 1. The number of benzene rings is 2. The summed E-state index contributed by atoms with van der Waals surface area (Å²) >= 11 is 0. The first-order valence-corrected chi connectivity index (χ1v) is 14.6. The van der Waals surface area contributed by atoms with Crippen LogP contribution >= 0.6 is 0 Å².